The van der Waals surface area contributed by atoms with Gasteiger partial charge in [-0.3, -0.25) is 4.79 Å². The Morgan fingerprint density at radius 2 is 2.28 bits per heavy atom. The Labute approximate surface area is 109 Å². The van der Waals surface area contributed by atoms with Gasteiger partial charge in [-0.2, -0.15) is 0 Å². The average molecular weight is 297 g/mol. The van der Waals surface area contributed by atoms with Crippen LogP contribution in [0.4, 0.5) is 0 Å². The quantitative estimate of drug-likeness (QED) is 0.644. The van der Waals surface area contributed by atoms with Crippen LogP contribution in [0, 0.1) is 0 Å². The maximum atomic E-state index is 11.9. The summed E-state index contributed by atoms with van der Waals surface area (Å²) in [6, 6.07) is 0.259. The topological polar surface area (TPSA) is 108 Å². The van der Waals surface area contributed by atoms with E-state index in [2.05, 4.69) is 9.71 Å². The van der Waals surface area contributed by atoms with Crippen molar-refractivity contribution in [2.75, 3.05) is 20.3 Å². The van der Waals surface area contributed by atoms with E-state index in [-0.39, 0.29) is 16.5 Å². The summed E-state index contributed by atoms with van der Waals surface area (Å²) in [6.07, 6.45) is 1.03. The molecule has 0 aliphatic heterocycles. The third kappa shape index (κ3) is 3.79. The summed E-state index contributed by atoms with van der Waals surface area (Å²) in [4.78, 5) is 13.0. The number of methoxy groups -OCH3 is 1. The van der Waals surface area contributed by atoms with E-state index >= 15 is 0 Å². The zero-order valence-electron chi connectivity index (χ0n) is 9.51. The van der Waals surface area contributed by atoms with Crippen molar-refractivity contribution >= 4 is 21.6 Å². The predicted molar refractivity (Wildman–Crippen MR) is 65.1 cm³/mol. The van der Waals surface area contributed by atoms with Crippen LogP contribution < -0.4 is 10.3 Å². The molecular formula is C9H13ClN2O5S. The second-order valence-corrected chi connectivity index (χ2v) is 5.59. The summed E-state index contributed by atoms with van der Waals surface area (Å²) in [7, 11) is -2.49. The second-order valence-electron chi connectivity index (χ2n) is 3.47. The predicted octanol–water partition coefficient (Wildman–Crippen LogP) is -0.686. The summed E-state index contributed by atoms with van der Waals surface area (Å²) in [5.74, 6) is 0. The molecule has 0 saturated carbocycles. The van der Waals surface area contributed by atoms with E-state index in [9.17, 15) is 13.2 Å². The molecule has 0 bridgehead atoms. The van der Waals surface area contributed by atoms with Crippen molar-refractivity contribution in [1.29, 1.82) is 0 Å². The Morgan fingerprint density at radius 1 is 1.61 bits per heavy atom. The zero-order valence-corrected chi connectivity index (χ0v) is 11.1. The van der Waals surface area contributed by atoms with Crippen LogP contribution in [0.3, 0.4) is 0 Å². The Kier molecular flexibility index (Phi) is 5.29. The van der Waals surface area contributed by atoms with E-state index < -0.39 is 28.2 Å². The van der Waals surface area contributed by atoms with Gasteiger partial charge in [0.2, 0.25) is 10.0 Å². The van der Waals surface area contributed by atoms with Crippen molar-refractivity contribution < 1.29 is 18.3 Å². The number of rotatable bonds is 6. The van der Waals surface area contributed by atoms with E-state index in [1.807, 2.05) is 0 Å². The van der Waals surface area contributed by atoms with Gasteiger partial charge < -0.3 is 14.8 Å². The first-order valence-corrected chi connectivity index (χ1v) is 6.77. The summed E-state index contributed by atoms with van der Waals surface area (Å²) in [5.41, 5.74) is -0.578. The number of ether oxygens (including phenoxy) is 1. The third-order valence-corrected chi connectivity index (χ3v) is 3.83. The van der Waals surface area contributed by atoms with Gasteiger partial charge in [-0.1, -0.05) is 11.6 Å². The molecule has 1 aromatic heterocycles. The first-order valence-electron chi connectivity index (χ1n) is 4.91. The molecule has 9 heteroatoms. The van der Waals surface area contributed by atoms with E-state index in [1.54, 1.807) is 0 Å². The maximum absolute atomic E-state index is 11.9. The molecular weight excluding hydrogens is 284 g/mol. The van der Waals surface area contributed by atoms with E-state index in [4.69, 9.17) is 21.4 Å². The first-order chi connectivity index (χ1) is 8.40. The summed E-state index contributed by atoms with van der Waals surface area (Å²) in [6.45, 7) is -0.392. The van der Waals surface area contributed by atoms with Gasteiger partial charge in [0.25, 0.3) is 5.56 Å². The van der Waals surface area contributed by atoms with E-state index in [0.29, 0.717) is 0 Å². The second kappa shape index (κ2) is 6.30. The minimum absolute atomic E-state index is 0.0207. The zero-order chi connectivity index (χ0) is 13.8. The number of aromatic nitrogens is 1. The van der Waals surface area contributed by atoms with Crippen LogP contribution in [0.5, 0.6) is 0 Å². The molecule has 18 heavy (non-hydrogen) atoms. The van der Waals surface area contributed by atoms with Gasteiger partial charge in [-0.15, -0.1) is 0 Å². The molecule has 0 amide bonds. The highest BCUT2D eigenvalue weighted by Gasteiger charge is 2.20. The molecule has 1 aromatic rings. The minimum Gasteiger partial charge on any atom is -0.395 e. The molecule has 7 nitrogen and oxygen atoms in total. The van der Waals surface area contributed by atoms with Crippen LogP contribution in [-0.4, -0.2) is 44.9 Å². The van der Waals surface area contributed by atoms with Crippen molar-refractivity contribution in [3.8, 4) is 0 Å². The number of H-pyrrole nitrogens is 1. The van der Waals surface area contributed by atoms with Crippen molar-refractivity contribution in [2.45, 2.75) is 10.9 Å². The minimum atomic E-state index is -3.88. The number of aliphatic hydroxyl groups excluding tert-OH is 1. The molecule has 0 aliphatic carbocycles. The molecule has 0 fully saturated rings. The average Bonchev–Trinajstić information content (AvgIpc) is 2.31. The number of halogens is 1. The molecule has 0 radical (unpaired) electrons. The van der Waals surface area contributed by atoms with Crippen LogP contribution in [0.25, 0.3) is 0 Å². The highest BCUT2D eigenvalue weighted by molar-refractivity contribution is 7.89. The number of sulfonamides is 1. The number of aliphatic hydroxyl groups is 1. The molecule has 1 unspecified atom stereocenters. The lowest BCUT2D eigenvalue weighted by molar-refractivity contribution is 0.139. The highest BCUT2D eigenvalue weighted by atomic mass is 35.5. The summed E-state index contributed by atoms with van der Waals surface area (Å²) in [5, 5.41) is 8.74. The lowest BCUT2D eigenvalue weighted by Crippen LogP contribution is -2.40. The maximum Gasteiger partial charge on any atom is 0.266 e. The van der Waals surface area contributed by atoms with Gasteiger partial charge in [0.05, 0.1) is 24.2 Å². The first kappa shape index (κ1) is 15.1. The van der Waals surface area contributed by atoms with Crippen LogP contribution in [-0.2, 0) is 14.8 Å². The van der Waals surface area contributed by atoms with Gasteiger partial charge >= 0.3 is 0 Å². The standard InChI is InChI=1S/C9H13ClN2O5S/c1-17-5-6(4-13)12-18(15,16)7-2-8(10)9(14)11-3-7/h2-3,6,12-13H,4-5H2,1H3,(H,11,14). The molecule has 1 atom stereocenters. The van der Waals surface area contributed by atoms with E-state index in [1.165, 1.54) is 7.11 Å². The Morgan fingerprint density at radius 3 is 2.78 bits per heavy atom. The molecule has 0 aromatic carbocycles. The molecule has 3 N–H and O–H groups in total. The monoisotopic (exact) mass is 296 g/mol. The highest BCUT2D eigenvalue weighted by Crippen LogP contribution is 2.10. The smallest absolute Gasteiger partial charge is 0.266 e. The number of hydrogen-bond donors (Lipinski definition) is 3. The van der Waals surface area contributed by atoms with Crippen LogP contribution in [0.1, 0.15) is 0 Å². The van der Waals surface area contributed by atoms with E-state index in [0.717, 1.165) is 12.3 Å². The molecule has 0 aliphatic rings. The van der Waals surface area contributed by atoms with Gasteiger partial charge in [0.15, 0.2) is 0 Å². The number of hydrogen-bond acceptors (Lipinski definition) is 5. The van der Waals surface area contributed by atoms with Gasteiger partial charge in [-0.25, -0.2) is 13.1 Å². The Hall–Kier alpha value is -0.930. The van der Waals surface area contributed by atoms with Gasteiger partial charge in [0.1, 0.15) is 5.02 Å². The fraction of sp³-hybridized carbons (Fsp3) is 0.444. The number of aromatic amines is 1. The molecule has 1 heterocycles. The van der Waals surface area contributed by atoms with Gasteiger partial charge in [-0.05, 0) is 6.07 Å². The lowest BCUT2D eigenvalue weighted by atomic mass is 10.4. The van der Waals surface area contributed by atoms with Crippen LogP contribution in [0.2, 0.25) is 5.02 Å². The van der Waals surface area contributed by atoms with Crippen molar-refractivity contribution in [1.82, 2.24) is 9.71 Å². The molecule has 102 valence electrons. The largest absolute Gasteiger partial charge is 0.395 e. The Bertz CT molecular complexity index is 556. The van der Waals surface area contributed by atoms with Crippen molar-refractivity contribution in [3.05, 3.63) is 27.6 Å². The SMILES string of the molecule is COCC(CO)NS(=O)(=O)c1c[nH]c(=O)c(Cl)c1. The van der Waals surface area contributed by atoms with Gasteiger partial charge in [0, 0.05) is 13.3 Å². The third-order valence-electron chi connectivity index (χ3n) is 2.05. The fourth-order valence-electron chi connectivity index (χ4n) is 1.21. The fourth-order valence-corrected chi connectivity index (χ4v) is 2.65. The number of nitrogens with one attached hydrogen (secondary N) is 2. The van der Waals surface area contributed by atoms with Crippen LogP contribution >= 0.6 is 11.6 Å². The summed E-state index contributed by atoms with van der Waals surface area (Å²) >= 11 is 5.54. The lowest BCUT2D eigenvalue weighted by Gasteiger charge is -2.15. The molecule has 1 rings (SSSR count). The number of pyridine rings is 1. The van der Waals surface area contributed by atoms with Crippen molar-refractivity contribution in [3.63, 3.8) is 0 Å². The Balaban J connectivity index is 2.98. The molecule has 0 spiro atoms. The van der Waals surface area contributed by atoms with Crippen LogP contribution in [0.15, 0.2) is 22.0 Å². The summed E-state index contributed by atoms with van der Waals surface area (Å²) < 4.78 is 30.7. The normalized spacial score (nSPS) is 13.5. The van der Waals surface area contributed by atoms with Crippen molar-refractivity contribution in [2.24, 2.45) is 0 Å². The molecule has 0 saturated heterocycles.